The molecule has 0 saturated heterocycles. The smallest absolute Gasteiger partial charge is 0.435 e. The number of halogens is 7. The van der Waals surface area contributed by atoms with E-state index in [0.717, 1.165) is 29.6 Å². The Labute approximate surface area is 189 Å². The molecule has 176 valence electrons. The summed E-state index contributed by atoms with van der Waals surface area (Å²) in [5, 5.41) is 2.18. The van der Waals surface area contributed by atoms with Gasteiger partial charge in [-0.1, -0.05) is 24.6 Å². The number of anilines is 1. The maximum Gasteiger partial charge on any atom is 0.435 e. The average Bonchev–Trinajstić information content (AvgIpc) is 2.74. The van der Waals surface area contributed by atoms with Crippen molar-refractivity contribution in [3.63, 3.8) is 0 Å². The van der Waals surface area contributed by atoms with Gasteiger partial charge in [-0.2, -0.15) is 26.3 Å². The Bertz CT molecular complexity index is 1100. The summed E-state index contributed by atoms with van der Waals surface area (Å²) in [6.07, 6.45) is -6.62. The molecule has 0 aliphatic carbocycles. The molecule has 0 aliphatic rings. The summed E-state index contributed by atoms with van der Waals surface area (Å²) in [5.74, 6) is 0.285. The van der Waals surface area contributed by atoms with Crippen molar-refractivity contribution >= 4 is 17.4 Å². The number of ether oxygens (including phenoxy) is 1. The highest BCUT2D eigenvalue weighted by Gasteiger charge is 2.36. The molecule has 3 rings (SSSR count). The average molecular weight is 491 g/mol. The van der Waals surface area contributed by atoms with Gasteiger partial charge in [0.25, 0.3) is 0 Å². The standard InChI is InChI=1S/C21H17ClF6N4O/c1-2-12-9-15(33-16-6-4-14(10-30-16)20(23,24)25)5-3-13(12)7-8-29-19-17(22)18(21(26,27)28)31-11-32-19/h3-6,9-11H,2,7-8H2,1H3,(H,29,31,32). The number of hydrogen-bond donors (Lipinski definition) is 1. The van der Waals surface area contributed by atoms with E-state index in [1.165, 1.54) is 0 Å². The van der Waals surface area contributed by atoms with Crippen molar-refractivity contribution in [2.45, 2.75) is 32.1 Å². The Hall–Kier alpha value is -3.08. The number of hydrogen-bond acceptors (Lipinski definition) is 5. The molecule has 3 aromatic rings. The van der Waals surface area contributed by atoms with Crippen LogP contribution < -0.4 is 10.1 Å². The van der Waals surface area contributed by atoms with Crippen molar-refractivity contribution in [2.75, 3.05) is 11.9 Å². The zero-order chi connectivity index (χ0) is 24.2. The lowest BCUT2D eigenvalue weighted by molar-refractivity contribution is -0.141. The molecule has 33 heavy (non-hydrogen) atoms. The van der Waals surface area contributed by atoms with Crippen molar-refractivity contribution in [1.29, 1.82) is 0 Å². The summed E-state index contributed by atoms with van der Waals surface area (Å²) >= 11 is 5.77. The van der Waals surface area contributed by atoms with Crippen LogP contribution in [0.1, 0.15) is 29.3 Å². The quantitative estimate of drug-likeness (QED) is 0.379. The zero-order valence-electron chi connectivity index (χ0n) is 17.1. The van der Waals surface area contributed by atoms with E-state index in [2.05, 4.69) is 20.3 Å². The van der Waals surface area contributed by atoms with Crippen molar-refractivity contribution in [3.05, 3.63) is 70.3 Å². The van der Waals surface area contributed by atoms with E-state index in [0.29, 0.717) is 24.8 Å². The zero-order valence-corrected chi connectivity index (χ0v) is 17.8. The molecule has 1 aromatic carbocycles. The Balaban J connectivity index is 1.66. The van der Waals surface area contributed by atoms with Gasteiger partial charge in [0.05, 0.1) is 5.56 Å². The van der Waals surface area contributed by atoms with Crippen molar-refractivity contribution < 1.29 is 31.1 Å². The van der Waals surface area contributed by atoms with Gasteiger partial charge in [0, 0.05) is 18.8 Å². The molecule has 2 aromatic heterocycles. The highest BCUT2D eigenvalue weighted by molar-refractivity contribution is 6.33. The topological polar surface area (TPSA) is 59.9 Å². The van der Waals surface area contributed by atoms with Crippen LogP contribution in [0.5, 0.6) is 11.6 Å². The minimum atomic E-state index is -4.69. The van der Waals surface area contributed by atoms with Crippen LogP contribution in [0.2, 0.25) is 5.02 Å². The Kier molecular flexibility index (Phi) is 7.31. The Morgan fingerprint density at radius 1 is 0.939 bits per heavy atom. The number of alkyl halides is 6. The predicted octanol–water partition coefficient (Wildman–Crippen LogP) is 6.57. The third-order valence-corrected chi connectivity index (χ3v) is 4.95. The fourth-order valence-electron chi connectivity index (χ4n) is 2.97. The first-order chi connectivity index (χ1) is 15.5. The molecule has 0 unspecified atom stereocenters. The summed E-state index contributed by atoms with van der Waals surface area (Å²) < 4.78 is 82.2. The monoisotopic (exact) mass is 490 g/mol. The van der Waals surface area contributed by atoms with E-state index in [9.17, 15) is 26.3 Å². The number of pyridine rings is 1. The molecule has 0 radical (unpaired) electrons. The third-order valence-electron chi connectivity index (χ3n) is 4.59. The van der Waals surface area contributed by atoms with Gasteiger partial charge >= 0.3 is 12.4 Å². The summed E-state index contributed by atoms with van der Waals surface area (Å²) in [4.78, 5) is 10.6. The van der Waals surface area contributed by atoms with Gasteiger partial charge in [-0.25, -0.2) is 15.0 Å². The van der Waals surface area contributed by atoms with Crippen LogP contribution in [0.25, 0.3) is 0 Å². The summed E-state index contributed by atoms with van der Waals surface area (Å²) in [7, 11) is 0. The first-order valence-electron chi connectivity index (χ1n) is 9.63. The first kappa shape index (κ1) is 24.6. The molecule has 0 fully saturated rings. The highest BCUT2D eigenvalue weighted by atomic mass is 35.5. The number of nitrogens with one attached hydrogen (secondary N) is 1. The lowest BCUT2D eigenvalue weighted by atomic mass is 10.0. The molecule has 1 N–H and O–H groups in total. The second-order valence-corrected chi connectivity index (χ2v) is 7.21. The van der Waals surface area contributed by atoms with Crippen LogP contribution in [0, 0.1) is 0 Å². The minimum Gasteiger partial charge on any atom is -0.439 e. The van der Waals surface area contributed by atoms with Crippen LogP contribution in [0.15, 0.2) is 42.9 Å². The van der Waals surface area contributed by atoms with Crippen molar-refractivity contribution in [3.8, 4) is 11.6 Å². The SMILES string of the molecule is CCc1cc(Oc2ccc(C(F)(F)F)cn2)ccc1CCNc1ncnc(C(F)(F)F)c1Cl. The second kappa shape index (κ2) is 9.82. The van der Waals surface area contributed by atoms with Gasteiger partial charge in [0.2, 0.25) is 5.88 Å². The van der Waals surface area contributed by atoms with Gasteiger partial charge in [0.15, 0.2) is 5.69 Å². The number of rotatable bonds is 7. The number of nitrogens with zero attached hydrogens (tertiary/aromatic N) is 3. The largest absolute Gasteiger partial charge is 0.439 e. The molecule has 0 aliphatic heterocycles. The van der Waals surface area contributed by atoms with E-state index in [1.807, 2.05) is 6.92 Å². The van der Waals surface area contributed by atoms with Gasteiger partial charge in [-0.05, 0) is 42.2 Å². The van der Waals surface area contributed by atoms with Crippen LogP contribution in [0.4, 0.5) is 32.2 Å². The van der Waals surface area contributed by atoms with Crippen LogP contribution in [0.3, 0.4) is 0 Å². The molecule has 0 spiro atoms. The maximum absolute atomic E-state index is 12.9. The lowest BCUT2D eigenvalue weighted by Crippen LogP contribution is -2.13. The third kappa shape index (κ3) is 6.25. The lowest BCUT2D eigenvalue weighted by Gasteiger charge is -2.14. The van der Waals surface area contributed by atoms with E-state index in [1.54, 1.807) is 18.2 Å². The first-order valence-corrected chi connectivity index (χ1v) is 10.0. The van der Waals surface area contributed by atoms with E-state index >= 15 is 0 Å². The molecular weight excluding hydrogens is 474 g/mol. The van der Waals surface area contributed by atoms with Gasteiger partial charge in [0.1, 0.15) is 22.9 Å². The highest BCUT2D eigenvalue weighted by Crippen LogP contribution is 2.35. The normalized spacial score (nSPS) is 12.0. The summed E-state index contributed by atoms with van der Waals surface area (Å²) in [5.41, 5.74) is -0.294. The summed E-state index contributed by atoms with van der Waals surface area (Å²) in [6.45, 7) is 2.16. The van der Waals surface area contributed by atoms with E-state index < -0.39 is 28.6 Å². The summed E-state index contributed by atoms with van der Waals surface area (Å²) in [6, 6.07) is 7.14. The van der Waals surface area contributed by atoms with Gasteiger partial charge < -0.3 is 10.1 Å². The second-order valence-electron chi connectivity index (χ2n) is 6.83. The maximum atomic E-state index is 12.9. The molecule has 0 bridgehead atoms. The van der Waals surface area contributed by atoms with Crippen LogP contribution in [-0.2, 0) is 25.2 Å². The minimum absolute atomic E-state index is 0.0124. The van der Waals surface area contributed by atoms with Gasteiger partial charge in [-0.3, -0.25) is 0 Å². The number of benzene rings is 1. The predicted molar refractivity (Wildman–Crippen MR) is 109 cm³/mol. The molecule has 0 amide bonds. The van der Waals surface area contributed by atoms with E-state index in [4.69, 9.17) is 16.3 Å². The van der Waals surface area contributed by atoms with Crippen molar-refractivity contribution in [2.24, 2.45) is 0 Å². The molecule has 0 atom stereocenters. The molecule has 5 nitrogen and oxygen atoms in total. The number of aromatic nitrogens is 3. The van der Waals surface area contributed by atoms with Crippen LogP contribution in [-0.4, -0.2) is 21.5 Å². The molecule has 12 heteroatoms. The fourth-order valence-corrected chi connectivity index (χ4v) is 3.25. The number of aryl methyl sites for hydroxylation is 1. The van der Waals surface area contributed by atoms with Gasteiger partial charge in [-0.15, -0.1) is 0 Å². The molecule has 2 heterocycles. The Morgan fingerprint density at radius 2 is 1.70 bits per heavy atom. The van der Waals surface area contributed by atoms with Crippen LogP contribution >= 0.6 is 11.6 Å². The van der Waals surface area contributed by atoms with E-state index in [-0.39, 0.29) is 18.2 Å². The molecular formula is C21H17ClF6N4O. The Morgan fingerprint density at radius 3 is 2.30 bits per heavy atom. The molecule has 0 saturated carbocycles. The van der Waals surface area contributed by atoms with Crippen molar-refractivity contribution in [1.82, 2.24) is 15.0 Å². The fraction of sp³-hybridized carbons (Fsp3) is 0.286.